The molecule has 170 valence electrons. The number of H-pyrrole nitrogens is 1. The minimum Gasteiger partial charge on any atom is -0.341 e. The van der Waals surface area contributed by atoms with E-state index in [4.69, 9.17) is 10.2 Å². The van der Waals surface area contributed by atoms with E-state index in [1.54, 1.807) is 12.4 Å². The lowest BCUT2D eigenvalue weighted by atomic mass is 9.93. The van der Waals surface area contributed by atoms with E-state index in [0.717, 1.165) is 41.6 Å². The van der Waals surface area contributed by atoms with Gasteiger partial charge >= 0.3 is 0 Å². The van der Waals surface area contributed by atoms with Gasteiger partial charge in [-0.2, -0.15) is 0 Å². The van der Waals surface area contributed by atoms with Crippen molar-refractivity contribution in [2.75, 3.05) is 19.3 Å². The van der Waals surface area contributed by atoms with Crippen LogP contribution in [-0.2, 0) is 21.9 Å². The van der Waals surface area contributed by atoms with Crippen LogP contribution in [0.2, 0.25) is 0 Å². The molecule has 0 aliphatic heterocycles. The van der Waals surface area contributed by atoms with E-state index in [1.807, 2.05) is 26.0 Å². The molecule has 0 spiro atoms. The average molecular weight is 456 g/mol. The molecule has 1 unspecified atom stereocenters. The number of imidazole rings is 1. The second-order valence-electron chi connectivity index (χ2n) is 9.03. The Morgan fingerprint density at radius 1 is 1.19 bits per heavy atom. The number of aromatic amines is 1. The second kappa shape index (κ2) is 8.74. The summed E-state index contributed by atoms with van der Waals surface area (Å²) in [6.45, 7) is 4.69. The molecule has 4 rings (SSSR count). The van der Waals surface area contributed by atoms with Crippen molar-refractivity contribution in [1.82, 2.24) is 25.2 Å². The fraction of sp³-hybridized carbons (Fsp3) is 0.391. The standard InChI is InChI=1S/C23H29N5O3S/c1-23(2,14-26-32(3,30)31)22-27-20(15-8-10-24-11-9-15)21(28-22)17-6-7-19-16(12-17)4-5-18(19)13-25-29/h6-12,18,25-26,29H,4-5,13-14H2,1-3H3,(H,27,28). The average Bonchev–Trinajstić information content (AvgIpc) is 3.38. The summed E-state index contributed by atoms with van der Waals surface area (Å²) in [4.78, 5) is 12.5. The van der Waals surface area contributed by atoms with E-state index in [0.29, 0.717) is 18.3 Å². The number of aryl methyl sites for hydroxylation is 1. The topological polar surface area (TPSA) is 120 Å². The Morgan fingerprint density at radius 3 is 2.62 bits per heavy atom. The third-order valence-electron chi connectivity index (χ3n) is 6.05. The minimum atomic E-state index is -3.31. The van der Waals surface area contributed by atoms with Crippen molar-refractivity contribution < 1.29 is 13.6 Å². The number of benzene rings is 1. The molecule has 2 heterocycles. The molecule has 0 bridgehead atoms. The molecule has 0 amide bonds. The highest BCUT2D eigenvalue weighted by molar-refractivity contribution is 7.88. The van der Waals surface area contributed by atoms with Crippen LogP contribution in [0.4, 0.5) is 0 Å². The molecule has 0 saturated heterocycles. The van der Waals surface area contributed by atoms with Gasteiger partial charge in [0.15, 0.2) is 0 Å². The van der Waals surface area contributed by atoms with Crippen LogP contribution in [0.25, 0.3) is 22.5 Å². The summed E-state index contributed by atoms with van der Waals surface area (Å²) in [6, 6.07) is 10.2. The maximum Gasteiger partial charge on any atom is 0.208 e. The van der Waals surface area contributed by atoms with E-state index >= 15 is 0 Å². The van der Waals surface area contributed by atoms with Gasteiger partial charge in [-0.3, -0.25) is 4.98 Å². The first-order valence-corrected chi connectivity index (χ1v) is 12.5. The zero-order valence-corrected chi connectivity index (χ0v) is 19.3. The minimum absolute atomic E-state index is 0.231. The molecule has 9 heteroatoms. The molecule has 32 heavy (non-hydrogen) atoms. The molecule has 1 atom stereocenters. The zero-order chi connectivity index (χ0) is 22.9. The van der Waals surface area contributed by atoms with Gasteiger partial charge < -0.3 is 10.2 Å². The van der Waals surface area contributed by atoms with Crippen molar-refractivity contribution in [3.63, 3.8) is 0 Å². The number of fused-ring (bicyclic) bond motifs is 1. The Bertz CT molecular complexity index is 1210. The molecule has 1 aromatic carbocycles. The SMILES string of the molecule is CC(C)(CNS(C)(=O)=O)c1nc(-c2ccc3c(c2)CCC3CNO)c(-c2ccncc2)[nH]1. The lowest BCUT2D eigenvalue weighted by Gasteiger charge is -2.22. The molecule has 8 nitrogen and oxygen atoms in total. The fourth-order valence-electron chi connectivity index (χ4n) is 4.20. The lowest BCUT2D eigenvalue weighted by molar-refractivity contribution is 0.159. The molecule has 0 saturated carbocycles. The number of pyridine rings is 1. The normalized spacial score (nSPS) is 16.3. The molecule has 1 aliphatic carbocycles. The highest BCUT2D eigenvalue weighted by Gasteiger charge is 2.29. The Balaban J connectivity index is 1.76. The summed E-state index contributed by atoms with van der Waals surface area (Å²) in [6.07, 6.45) is 6.60. The maximum absolute atomic E-state index is 11.6. The molecular weight excluding hydrogens is 426 g/mol. The van der Waals surface area contributed by atoms with Gasteiger partial charge in [0.1, 0.15) is 5.82 Å². The van der Waals surface area contributed by atoms with Crippen molar-refractivity contribution in [2.24, 2.45) is 0 Å². The van der Waals surface area contributed by atoms with Gasteiger partial charge in [-0.15, -0.1) is 0 Å². The van der Waals surface area contributed by atoms with Gasteiger partial charge in [0.2, 0.25) is 10.0 Å². The molecule has 0 fully saturated rings. The first-order chi connectivity index (χ1) is 15.2. The number of sulfonamides is 1. The van der Waals surface area contributed by atoms with Crippen LogP contribution < -0.4 is 10.2 Å². The van der Waals surface area contributed by atoms with Crippen LogP contribution in [0.15, 0.2) is 42.7 Å². The summed E-state index contributed by atoms with van der Waals surface area (Å²) in [5.41, 5.74) is 7.95. The van der Waals surface area contributed by atoms with Gasteiger partial charge in [0.25, 0.3) is 0 Å². The Labute approximate surface area is 188 Å². The van der Waals surface area contributed by atoms with Crippen molar-refractivity contribution >= 4 is 10.0 Å². The largest absolute Gasteiger partial charge is 0.341 e. The van der Waals surface area contributed by atoms with E-state index in [-0.39, 0.29) is 6.54 Å². The molecular formula is C23H29N5O3S. The zero-order valence-electron chi connectivity index (χ0n) is 18.5. The summed E-state index contributed by atoms with van der Waals surface area (Å²) in [7, 11) is -3.31. The highest BCUT2D eigenvalue weighted by Crippen LogP contribution is 2.38. The summed E-state index contributed by atoms with van der Waals surface area (Å²) < 4.78 is 25.9. The molecule has 0 radical (unpaired) electrons. The number of nitrogens with zero attached hydrogens (tertiary/aromatic N) is 2. The smallest absolute Gasteiger partial charge is 0.208 e. The van der Waals surface area contributed by atoms with Crippen molar-refractivity contribution in [3.05, 3.63) is 59.7 Å². The van der Waals surface area contributed by atoms with Gasteiger partial charge in [0, 0.05) is 42.0 Å². The predicted molar refractivity (Wildman–Crippen MR) is 124 cm³/mol. The van der Waals surface area contributed by atoms with Crippen LogP contribution in [0.5, 0.6) is 0 Å². The summed E-state index contributed by atoms with van der Waals surface area (Å²) in [5, 5.41) is 9.11. The van der Waals surface area contributed by atoms with Crippen LogP contribution in [-0.4, -0.2) is 47.9 Å². The van der Waals surface area contributed by atoms with Crippen molar-refractivity contribution in [3.8, 4) is 22.5 Å². The maximum atomic E-state index is 11.6. The summed E-state index contributed by atoms with van der Waals surface area (Å²) >= 11 is 0. The van der Waals surface area contributed by atoms with E-state index in [1.165, 1.54) is 11.1 Å². The Morgan fingerprint density at radius 2 is 1.94 bits per heavy atom. The number of nitrogens with one attached hydrogen (secondary N) is 3. The summed E-state index contributed by atoms with van der Waals surface area (Å²) in [5.74, 6) is 1.01. The van der Waals surface area contributed by atoms with Crippen LogP contribution in [0, 0.1) is 0 Å². The van der Waals surface area contributed by atoms with Gasteiger partial charge in [0.05, 0.1) is 17.6 Å². The third-order valence-corrected chi connectivity index (χ3v) is 6.71. The first kappa shape index (κ1) is 22.6. The third kappa shape index (κ3) is 4.75. The predicted octanol–water partition coefficient (Wildman–Crippen LogP) is 2.97. The van der Waals surface area contributed by atoms with E-state index in [9.17, 15) is 8.42 Å². The Kier molecular flexibility index (Phi) is 6.17. The van der Waals surface area contributed by atoms with Crippen LogP contribution in [0.1, 0.15) is 43.1 Å². The number of hydroxylamine groups is 1. The van der Waals surface area contributed by atoms with Gasteiger partial charge in [-0.1, -0.05) is 26.0 Å². The second-order valence-corrected chi connectivity index (χ2v) is 10.9. The van der Waals surface area contributed by atoms with E-state index < -0.39 is 15.4 Å². The van der Waals surface area contributed by atoms with Gasteiger partial charge in [-0.25, -0.2) is 23.6 Å². The quantitative estimate of drug-likeness (QED) is 0.388. The number of rotatable bonds is 8. The number of hydrogen-bond acceptors (Lipinski definition) is 6. The fourth-order valence-corrected chi connectivity index (χ4v) is 4.82. The number of aromatic nitrogens is 3. The lowest BCUT2D eigenvalue weighted by Crippen LogP contribution is -2.36. The van der Waals surface area contributed by atoms with E-state index in [2.05, 4.69) is 38.4 Å². The number of hydrogen-bond donors (Lipinski definition) is 4. The molecule has 4 N–H and O–H groups in total. The Hall–Kier alpha value is -2.59. The first-order valence-electron chi connectivity index (χ1n) is 10.6. The van der Waals surface area contributed by atoms with Crippen LogP contribution >= 0.6 is 0 Å². The highest BCUT2D eigenvalue weighted by atomic mass is 32.2. The monoisotopic (exact) mass is 455 g/mol. The van der Waals surface area contributed by atoms with Crippen molar-refractivity contribution in [1.29, 1.82) is 0 Å². The molecule has 3 aromatic rings. The van der Waals surface area contributed by atoms with Gasteiger partial charge in [-0.05, 0) is 48.1 Å². The molecule has 1 aliphatic rings. The van der Waals surface area contributed by atoms with Crippen molar-refractivity contribution in [2.45, 2.75) is 38.0 Å². The molecule has 2 aromatic heterocycles. The van der Waals surface area contributed by atoms with Crippen LogP contribution in [0.3, 0.4) is 0 Å².